The molecule has 86 valence electrons. The molecule has 1 saturated carbocycles. The molecule has 1 aliphatic carbocycles. The van der Waals surface area contributed by atoms with Crippen molar-refractivity contribution >= 4 is 0 Å². The maximum absolute atomic E-state index is 12.9. The number of alkyl halides is 1. The topological polar surface area (TPSA) is 25.8 Å². The molecule has 0 bridgehead atoms. The summed E-state index contributed by atoms with van der Waals surface area (Å²) >= 11 is 0. The first-order valence-corrected chi connectivity index (χ1v) is 5.46. The standard InChI is InChI=1S/C13H10F2N2/c14-10-6-16-13(17-7-10)9-3-1-8(2-4-9)11-5-12(11)15/h1-4,6-7,11-12H,5H2. The highest BCUT2D eigenvalue weighted by Crippen LogP contribution is 2.43. The smallest absolute Gasteiger partial charge is 0.159 e. The van der Waals surface area contributed by atoms with E-state index in [9.17, 15) is 8.78 Å². The van der Waals surface area contributed by atoms with Crippen LogP contribution in [0.3, 0.4) is 0 Å². The Bertz CT molecular complexity index is 522. The average Bonchev–Trinajstić information content (AvgIpc) is 3.08. The number of aromatic nitrogens is 2. The molecule has 2 unspecified atom stereocenters. The Morgan fingerprint density at radius 3 is 2.18 bits per heavy atom. The van der Waals surface area contributed by atoms with Gasteiger partial charge in [0.2, 0.25) is 0 Å². The molecule has 1 heterocycles. The van der Waals surface area contributed by atoms with E-state index in [0.717, 1.165) is 23.5 Å². The molecule has 1 aromatic heterocycles. The van der Waals surface area contributed by atoms with Crippen molar-refractivity contribution in [2.75, 3.05) is 0 Å². The summed E-state index contributed by atoms with van der Waals surface area (Å²) in [5.41, 5.74) is 1.81. The van der Waals surface area contributed by atoms with Crippen LogP contribution in [0.4, 0.5) is 8.78 Å². The van der Waals surface area contributed by atoms with E-state index in [1.807, 2.05) is 24.3 Å². The Morgan fingerprint density at radius 2 is 1.65 bits per heavy atom. The molecular weight excluding hydrogens is 222 g/mol. The van der Waals surface area contributed by atoms with Crippen LogP contribution in [0.2, 0.25) is 0 Å². The molecule has 4 heteroatoms. The molecule has 0 spiro atoms. The van der Waals surface area contributed by atoms with Crippen LogP contribution < -0.4 is 0 Å². The van der Waals surface area contributed by atoms with Gasteiger partial charge in [0, 0.05) is 11.5 Å². The van der Waals surface area contributed by atoms with Crippen LogP contribution in [0.25, 0.3) is 11.4 Å². The molecule has 2 nitrogen and oxygen atoms in total. The fourth-order valence-corrected chi connectivity index (χ4v) is 1.85. The van der Waals surface area contributed by atoms with E-state index in [1.165, 1.54) is 0 Å². The predicted octanol–water partition coefficient (Wildman–Crippen LogP) is 3.11. The second-order valence-electron chi connectivity index (χ2n) is 4.21. The van der Waals surface area contributed by atoms with Crippen LogP contribution >= 0.6 is 0 Å². The second kappa shape index (κ2) is 3.87. The largest absolute Gasteiger partial charge is 0.247 e. The third kappa shape index (κ3) is 2.02. The Morgan fingerprint density at radius 1 is 1.06 bits per heavy atom. The highest BCUT2D eigenvalue weighted by molar-refractivity contribution is 5.55. The summed E-state index contributed by atoms with van der Waals surface area (Å²) in [5.74, 6) is 0.0763. The van der Waals surface area contributed by atoms with Crippen LogP contribution in [0.15, 0.2) is 36.7 Å². The fraction of sp³-hybridized carbons (Fsp3) is 0.231. The van der Waals surface area contributed by atoms with Crippen molar-refractivity contribution in [1.82, 2.24) is 9.97 Å². The van der Waals surface area contributed by atoms with Gasteiger partial charge in [-0.15, -0.1) is 0 Å². The first kappa shape index (κ1) is 10.3. The van der Waals surface area contributed by atoms with Crippen molar-refractivity contribution in [3.05, 3.63) is 48.0 Å². The van der Waals surface area contributed by atoms with Gasteiger partial charge in [-0.25, -0.2) is 18.7 Å². The normalized spacial score (nSPS) is 22.5. The van der Waals surface area contributed by atoms with Gasteiger partial charge in [-0.3, -0.25) is 0 Å². The molecule has 0 radical (unpaired) electrons. The first-order chi connectivity index (χ1) is 8.24. The van der Waals surface area contributed by atoms with Gasteiger partial charge < -0.3 is 0 Å². The van der Waals surface area contributed by atoms with Gasteiger partial charge in [0.1, 0.15) is 6.17 Å². The Kier molecular flexibility index (Phi) is 2.35. The predicted molar refractivity (Wildman–Crippen MR) is 59.7 cm³/mol. The summed E-state index contributed by atoms with van der Waals surface area (Å²) in [6.45, 7) is 0. The number of hydrogen-bond donors (Lipinski definition) is 0. The zero-order valence-electron chi connectivity index (χ0n) is 8.98. The van der Waals surface area contributed by atoms with E-state index in [4.69, 9.17) is 0 Å². The molecule has 0 aliphatic heterocycles. The molecule has 0 amide bonds. The van der Waals surface area contributed by atoms with E-state index >= 15 is 0 Å². The van der Waals surface area contributed by atoms with Crippen LogP contribution in [-0.2, 0) is 0 Å². The van der Waals surface area contributed by atoms with Crippen LogP contribution in [0, 0.1) is 5.82 Å². The van der Waals surface area contributed by atoms with Gasteiger partial charge in [0.05, 0.1) is 12.4 Å². The minimum absolute atomic E-state index is 0.0539. The summed E-state index contributed by atoms with van der Waals surface area (Å²) < 4.78 is 25.5. The van der Waals surface area contributed by atoms with E-state index in [-0.39, 0.29) is 5.92 Å². The Balaban J connectivity index is 1.86. The highest BCUT2D eigenvalue weighted by Gasteiger charge is 2.38. The molecule has 17 heavy (non-hydrogen) atoms. The number of halogens is 2. The first-order valence-electron chi connectivity index (χ1n) is 5.46. The van der Waals surface area contributed by atoms with Gasteiger partial charge in [0.15, 0.2) is 11.6 Å². The van der Waals surface area contributed by atoms with Crippen molar-refractivity contribution in [3.8, 4) is 11.4 Å². The monoisotopic (exact) mass is 232 g/mol. The third-order valence-electron chi connectivity index (χ3n) is 2.93. The molecule has 1 aromatic carbocycles. The van der Waals surface area contributed by atoms with Crippen molar-refractivity contribution in [2.45, 2.75) is 18.5 Å². The maximum Gasteiger partial charge on any atom is 0.159 e. The van der Waals surface area contributed by atoms with Crippen molar-refractivity contribution in [2.24, 2.45) is 0 Å². The van der Waals surface area contributed by atoms with Gasteiger partial charge >= 0.3 is 0 Å². The van der Waals surface area contributed by atoms with E-state index in [0.29, 0.717) is 12.2 Å². The van der Waals surface area contributed by atoms with Gasteiger partial charge in [-0.05, 0) is 12.0 Å². The van der Waals surface area contributed by atoms with Crippen LogP contribution in [-0.4, -0.2) is 16.1 Å². The molecule has 0 saturated heterocycles. The lowest BCUT2D eigenvalue weighted by molar-refractivity contribution is 0.468. The highest BCUT2D eigenvalue weighted by atomic mass is 19.1. The average molecular weight is 232 g/mol. The lowest BCUT2D eigenvalue weighted by Gasteiger charge is -2.01. The maximum atomic E-state index is 12.9. The SMILES string of the molecule is Fc1cnc(-c2ccc(C3CC3F)cc2)nc1. The van der Waals surface area contributed by atoms with E-state index < -0.39 is 12.0 Å². The second-order valence-corrected chi connectivity index (χ2v) is 4.21. The molecule has 2 aromatic rings. The van der Waals surface area contributed by atoms with Gasteiger partial charge in [0.25, 0.3) is 0 Å². The molecule has 3 rings (SSSR count). The van der Waals surface area contributed by atoms with E-state index in [1.54, 1.807) is 0 Å². The summed E-state index contributed by atoms with van der Waals surface area (Å²) in [6.07, 6.45) is 2.19. The molecule has 2 atom stereocenters. The minimum Gasteiger partial charge on any atom is -0.247 e. The Hall–Kier alpha value is -1.84. The summed E-state index contributed by atoms with van der Waals surface area (Å²) in [7, 11) is 0. The van der Waals surface area contributed by atoms with Crippen molar-refractivity contribution in [3.63, 3.8) is 0 Å². The quantitative estimate of drug-likeness (QED) is 0.795. The summed E-state index contributed by atoms with van der Waals surface area (Å²) in [4.78, 5) is 7.79. The number of benzene rings is 1. The Labute approximate surface area is 97.3 Å². The summed E-state index contributed by atoms with van der Waals surface area (Å²) in [6, 6.07) is 7.44. The minimum atomic E-state index is -0.692. The zero-order chi connectivity index (χ0) is 11.8. The molecule has 0 N–H and O–H groups in total. The van der Waals surface area contributed by atoms with E-state index in [2.05, 4.69) is 9.97 Å². The lowest BCUT2D eigenvalue weighted by atomic mass is 10.1. The molecule has 1 aliphatic rings. The number of rotatable bonds is 2. The fourth-order valence-electron chi connectivity index (χ4n) is 1.85. The summed E-state index contributed by atoms with van der Waals surface area (Å²) in [5, 5.41) is 0. The van der Waals surface area contributed by atoms with Crippen molar-refractivity contribution < 1.29 is 8.78 Å². The molecule has 1 fully saturated rings. The van der Waals surface area contributed by atoms with Gasteiger partial charge in [-0.1, -0.05) is 24.3 Å². The lowest BCUT2D eigenvalue weighted by Crippen LogP contribution is -1.90. The number of nitrogens with zero attached hydrogens (tertiary/aromatic N) is 2. The van der Waals surface area contributed by atoms with Crippen LogP contribution in [0.5, 0.6) is 0 Å². The van der Waals surface area contributed by atoms with Gasteiger partial charge in [-0.2, -0.15) is 0 Å². The molecular formula is C13H10F2N2. The van der Waals surface area contributed by atoms with Crippen LogP contribution in [0.1, 0.15) is 17.9 Å². The number of hydrogen-bond acceptors (Lipinski definition) is 2. The zero-order valence-corrected chi connectivity index (χ0v) is 8.98. The third-order valence-corrected chi connectivity index (χ3v) is 2.93. The van der Waals surface area contributed by atoms with Crippen molar-refractivity contribution in [1.29, 1.82) is 0 Å².